The number of β-amino-alcohol motifs (C(OH)–C–C–N with tert-alkyl or cyclic N) is 1. The number of anilines is 3. The van der Waals surface area contributed by atoms with E-state index in [2.05, 4.69) is 40.6 Å². The number of carbonyl (C=O) groups excluding carboxylic acids is 3. The molecule has 2 unspecified atom stereocenters. The Kier molecular flexibility index (Phi) is 20.0. The fourth-order valence-electron chi connectivity index (χ4n) is 9.86. The standard InChI is InChI=1S/C55H72N10O11S/c1-36-50(77-35-59-36)38-11-9-37(10-12-38)30-58-53(69)46-28-42(66)33-64(46)54(70)51(55(2,3)4)60-48(68)34-75-24-23-73-20-19-71-17-18-72-21-22-74-25-26-76-49-27-39(15-16-57-49)65-40-13-14-41(65)32-63(31-40)45-29-44(61-62-52(45)56)43-7-5-6-8-47(43)67/h5-12,15-16,27,29,35,40-42,46,51,66-67H,13-14,17-26,28,30-34H2,1-4H3,(H2,56,62)(H,58,69)(H,60,68)/t40?,41?,42-,46+,51-/m1/s1. The van der Waals surface area contributed by atoms with Gasteiger partial charge in [0.25, 0.3) is 0 Å². The molecule has 6 heterocycles. The summed E-state index contributed by atoms with van der Waals surface area (Å²) in [4.78, 5) is 56.3. The number of benzene rings is 2. The number of para-hydroxylation sites is 1. The first-order valence-corrected chi connectivity index (χ1v) is 27.1. The Morgan fingerprint density at radius 3 is 2.10 bits per heavy atom. The molecule has 22 heteroatoms. The first-order chi connectivity index (χ1) is 37.2. The predicted octanol–water partition coefficient (Wildman–Crippen LogP) is 4.39. The van der Waals surface area contributed by atoms with E-state index in [-0.39, 0.29) is 63.1 Å². The van der Waals surface area contributed by atoms with Gasteiger partial charge in [0.2, 0.25) is 23.6 Å². The number of piperazine rings is 1. The van der Waals surface area contributed by atoms with Crippen molar-refractivity contribution in [2.45, 2.75) is 83.8 Å². The molecule has 5 aromatic rings. The van der Waals surface area contributed by atoms with Crippen molar-refractivity contribution < 1.29 is 53.0 Å². The van der Waals surface area contributed by atoms with Crippen LogP contribution in [-0.2, 0) is 44.6 Å². The number of nitrogens with one attached hydrogen (secondary N) is 2. The van der Waals surface area contributed by atoms with Crippen molar-refractivity contribution in [3.63, 3.8) is 0 Å². The van der Waals surface area contributed by atoms with Crippen LogP contribution in [0.2, 0.25) is 0 Å². The maximum absolute atomic E-state index is 13.9. The number of ether oxygens (including phenoxy) is 6. The highest BCUT2D eigenvalue weighted by atomic mass is 32.1. The molecule has 3 aromatic heterocycles. The summed E-state index contributed by atoms with van der Waals surface area (Å²) >= 11 is 1.57. The number of rotatable bonds is 27. The van der Waals surface area contributed by atoms with Gasteiger partial charge in [0, 0.05) is 68.2 Å². The fraction of sp³-hybridized carbons (Fsp3) is 0.509. The van der Waals surface area contributed by atoms with Gasteiger partial charge in [0.1, 0.15) is 31.0 Å². The molecule has 0 radical (unpaired) electrons. The normalized spacial score (nSPS) is 18.6. The first kappa shape index (κ1) is 56.7. The summed E-state index contributed by atoms with van der Waals surface area (Å²) < 4.78 is 34.0. The lowest BCUT2D eigenvalue weighted by molar-refractivity contribution is -0.144. The van der Waals surface area contributed by atoms with Gasteiger partial charge < -0.3 is 69.7 Å². The number of likely N-dealkylation sites (tertiary alicyclic amines) is 1. The van der Waals surface area contributed by atoms with Gasteiger partial charge >= 0.3 is 0 Å². The summed E-state index contributed by atoms with van der Waals surface area (Å²) in [6.45, 7) is 12.3. The van der Waals surface area contributed by atoms with Crippen molar-refractivity contribution >= 4 is 46.3 Å². The minimum atomic E-state index is -0.968. The minimum Gasteiger partial charge on any atom is -0.507 e. The molecule has 2 bridgehead atoms. The average molecular weight is 1080 g/mol. The molecule has 2 aromatic carbocycles. The Hall–Kier alpha value is -6.53. The van der Waals surface area contributed by atoms with Crippen LogP contribution in [0.25, 0.3) is 21.7 Å². The molecule has 0 spiro atoms. The molecular formula is C55H72N10O11S. The summed E-state index contributed by atoms with van der Waals surface area (Å²) in [5.41, 5.74) is 13.4. The van der Waals surface area contributed by atoms with Crippen LogP contribution in [0.15, 0.2) is 78.4 Å². The number of aliphatic hydroxyl groups excluding tert-OH is 1. The highest BCUT2D eigenvalue weighted by Crippen LogP contribution is 2.40. The molecule has 77 heavy (non-hydrogen) atoms. The number of phenols is 1. The molecule has 0 aliphatic carbocycles. The van der Waals surface area contributed by atoms with Crippen molar-refractivity contribution in [1.82, 2.24) is 35.7 Å². The Morgan fingerprint density at radius 2 is 1.47 bits per heavy atom. The Labute approximate surface area is 453 Å². The van der Waals surface area contributed by atoms with Gasteiger partial charge in [-0.05, 0) is 60.6 Å². The molecule has 5 atom stereocenters. The molecular weight excluding hydrogens is 1010 g/mol. The van der Waals surface area contributed by atoms with Crippen LogP contribution in [0.5, 0.6) is 11.6 Å². The number of thiazole rings is 1. The number of aromatic nitrogens is 4. The van der Waals surface area contributed by atoms with E-state index >= 15 is 0 Å². The molecule has 0 saturated carbocycles. The number of aromatic hydroxyl groups is 1. The average Bonchev–Trinajstić information content (AvgIpc) is 4.16. The van der Waals surface area contributed by atoms with Crippen molar-refractivity contribution in [2.75, 3.05) is 108 Å². The lowest BCUT2D eigenvalue weighted by Gasteiger charge is -2.43. The van der Waals surface area contributed by atoms with Gasteiger partial charge in [-0.2, -0.15) is 0 Å². The smallest absolute Gasteiger partial charge is 0.246 e. The maximum Gasteiger partial charge on any atom is 0.246 e. The molecule has 3 amide bonds. The van der Waals surface area contributed by atoms with Crippen molar-refractivity contribution in [3.05, 3.63) is 89.7 Å². The summed E-state index contributed by atoms with van der Waals surface area (Å²) in [6.07, 6.45) is 3.08. The van der Waals surface area contributed by atoms with Crippen molar-refractivity contribution in [1.29, 1.82) is 0 Å². The van der Waals surface area contributed by atoms with Crippen LogP contribution >= 0.6 is 11.3 Å². The lowest BCUT2D eigenvalue weighted by atomic mass is 9.85. The number of hydrogen-bond donors (Lipinski definition) is 5. The molecule has 3 fully saturated rings. The lowest BCUT2D eigenvalue weighted by Crippen LogP contribution is -2.58. The van der Waals surface area contributed by atoms with Gasteiger partial charge in [-0.25, -0.2) is 9.97 Å². The number of nitrogen functional groups attached to an aromatic ring is 1. The fourth-order valence-corrected chi connectivity index (χ4v) is 10.7. The molecule has 3 saturated heterocycles. The van der Waals surface area contributed by atoms with E-state index in [1.165, 1.54) is 4.90 Å². The number of phenolic OH excluding ortho intramolecular Hbond substituents is 1. The third-order valence-electron chi connectivity index (χ3n) is 13.7. The molecule has 414 valence electrons. The molecule has 3 aliphatic heterocycles. The van der Waals surface area contributed by atoms with Gasteiger partial charge in [-0.15, -0.1) is 21.5 Å². The van der Waals surface area contributed by atoms with E-state index in [1.54, 1.807) is 29.7 Å². The Bertz CT molecular complexity index is 2710. The van der Waals surface area contributed by atoms with E-state index in [0.29, 0.717) is 75.8 Å². The second-order valence-corrected chi connectivity index (χ2v) is 21.2. The van der Waals surface area contributed by atoms with E-state index in [9.17, 15) is 24.6 Å². The highest BCUT2D eigenvalue weighted by molar-refractivity contribution is 7.13. The van der Waals surface area contributed by atoms with Crippen LogP contribution in [0.4, 0.5) is 17.2 Å². The van der Waals surface area contributed by atoms with Crippen LogP contribution < -0.4 is 30.9 Å². The predicted molar refractivity (Wildman–Crippen MR) is 291 cm³/mol. The number of fused-ring (bicyclic) bond motifs is 2. The van der Waals surface area contributed by atoms with Crippen LogP contribution in [0.3, 0.4) is 0 Å². The molecule has 8 rings (SSSR count). The molecule has 3 aliphatic rings. The van der Waals surface area contributed by atoms with Crippen LogP contribution in [0.1, 0.15) is 51.3 Å². The van der Waals surface area contributed by atoms with Crippen molar-refractivity contribution in [3.8, 4) is 33.3 Å². The monoisotopic (exact) mass is 1080 g/mol. The van der Waals surface area contributed by atoms with Crippen molar-refractivity contribution in [2.24, 2.45) is 5.41 Å². The summed E-state index contributed by atoms with van der Waals surface area (Å²) in [7, 11) is 0. The van der Waals surface area contributed by atoms with Gasteiger partial charge in [-0.1, -0.05) is 57.2 Å². The maximum atomic E-state index is 13.9. The topological polar surface area (TPSA) is 258 Å². The number of hydrogen-bond acceptors (Lipinski definition) is 19. The molecule has 21 nitrogen and oxygen atoms in total. The zero-order valence-corrected chi connectivity index (χ0v) is 45.1. The van der Waals surface area contributed by atoms with E-state index in [1.807, 2.05) is 87.8 Å². The number of nitrogens with zero attached hydrogens (tertiary/aromatic N) is 7. The number of nitrogens with two attached hydrogens (primary N) is 1. The van der Waals surface area contributed by atoms with E-state index < -0.39 is 35.4 Å². The second-order valence-electron chi connectivity index (χ2n) is 20.4. The third kappa shape index (κ3) is 15.4. The van der Waals surface area contributed by atoms with Crippen LogP contribution in [-0.4, -0.2) is 176 Å². The van der Waals surface area contributed by atoms with Gasteiger partial charge in [0.05, 0.1) is 93.0 Å². The summed E-state index contributed by atoms with van der Waals surface area (Å²) in [6, 6.07) is 19.5. The number of pyridine rings is 1. The number of aryl methyl sites for hydroxylation is 1. The highest BCUT2D eigenvalue weighted by Gasteiger charge is 2.45. The quantitative estimate of drug-likeness (QED) is 0.0457. The van der Waals surface area contributed by atoms with Crippen LogP contribution in [0, 0.1) is 12.3 Å². The number of aliphatic hydroxyl groups is 1. The summed E-state index contributed by atoms with van der Waals surface area (Å²) in [5.74, 6) is -0.262. The van der Waals surface area contributed by atoms with Gasteiger partial charge in [-0.3, -0.25) is 14.4 Å². The Balaban J connectivity index is 0.637. The van der Waals surface area contributed by atoms with E-state index in [0.717, 1.165) is 59.0 Å². The molecule has 6 N–H and O–H groups in total. The minimum absolute atomic E-state index is 0.0192. The summed E-state index contributed by atoms with van der Waals surface area (Å²) in [5, 5.41) is 35.2. The van der Waals surface area contributed by atoms with E-state index in [4.69, 9.17) is 34.2 Å². The largest absolute Gasteiger partial charge is 0.507 e. The second kappa shape index (κ2) is 27.2. The zero-order chi connectivity index (χ0) is 54.3. The third-order valence-corrected chi connectivity index (χ3v) is 14.7. The zero-order valence-electron chi connectivity index (χ0n) is 44.3. The number of carbonyl (C=O) groups is 3. The number of amides is 3. The van der Waals surface area contributed by atoms with Gasteiger partial charge in [0.15, 0.2) is 5.82 Å². The Morgan fingerprint density at radius 1 is 0.818 bits per heavy atom. The first-order valence-electron chi connectivity index (χ1n) is 26.2. The SMILES string of the molecule is Cc1ncsc1-c1ccc(CNC(=O)[C@@H]2C[C@@H](O)CN2C(=O)[C@@H](NC(=O)COCCOCCOCCOCCOCCOc2cc(N3C4CCC3CN(c3cc(-c5ccccc5O)nnc3N)C4)ccn2)C(C)(C)C)cc1.